The van der Waals surface area contributed by atoms with Gasteiger partial charge in [0.25, 0.3) is 5.91 Å². The molecule has 0 saturated carbocycles. The standard InChI is InChI=1S/C17H15N3O2/c21-17(19-16-10-11-18-20-16)14-8-4-5-9-15(14)22-12-13-6-2-1-3-7-13/h1-11H,12H2,(H2,18,19,20,21). The molecule has 0 aliphatic rings. The highest BCUT2D eigenvalue weighted by Crippen LogP contribution is 2.20. The quantitative estimate of drug-likeness (QED) is 0.759. The largest absolute Gasteiger partial charge is 0.488 e. The van der Waals surface area contributed by atoms with E-state index in [4.69, 9.17) is 4.74 Å². The van der Waals surface area contributed by atoms with Crippen molar-refractivity contribution in [2.24, 2.45) is 0 Å². The normalized spacial score (nSPS) is 10.2. The molecule has 3 aromatic rings. The molecule has 0 atom stereocenters. The Morgan fingerprint density at radius 1 is 1.05 bits per heavy atom. The zero-order chi connectivity index (χ0) is 15.2. The maximum Gasteiger partial charge on any atom is 0.260 e. The molecule has 0 aliphatic carbocycles. The van der Waals surface area contributed by atoms with Crippen LogP contribution in [0.2, 0.25) is 0 Å². The lowest BCUT2D eigenvalue weighted by molar-refractivity contribution is 0.102. The van der Waals surface area contributed by atoms with Crippen molar-refractivity contribution in [1.29, 1.82) is 0 Å². The number of para-hydroxylation sites is 1. The van der Waals surface area contributed by atoms with Gasteiger partial charge in [-0.05, 0) is 17.7 Å². The topological polar surface area (TPSA) is 67.0 Å². The molecule has 2 aromatic carbocycles. The van der Waals surface area contributed by atoms with Crippen LogP contribution in [0.25, 0.3) is 0 Å². The number of nitrogens with one attached hydrogen (secondary N) is 2. The maximum atomic E-state index is 12.3. The molecular formula is C17H15N3O2. The summed E-state index contributed by atoms with van der Waals surface area (Å²) in [5, 5.41) is 9.23. The molecule has 5 nitrogen and oxygen atoms in total. The van der Waals surface area contributed by atoms with Gasteiger partial charge in [0.05, 0.1) is 11.8 Å². The second-order valence-corrected chi connectivity index (χ2v) is 4.69. The van der Waals surface area contributed by atoms with Gasteiger partial charge in [-0.3, -0.25) is 9.89 Å². The molecule has 0 fully saturated rings. The average molecular weight is 293 g/mol. The Morgan fingerprint density at radius 2 is 1.82 bits per heavy atom. The summed E-state index contributed by atoms with van der Waals surface area (Å²) in [6, 6.07) is 18.7. The lowest BCUT2D eigenvalue weighted by Crippen LogP contribution is -2.14. The van der Waals surface area contributed by atoms with E-state index in [-0.39, 0.29) is 5.91 Å². The number of carbonyl (C=O) groups is 1. The SMILES string of the molecule is O=C(Nc1ccn[nH]1)c1ccccc1OCc1ccccc1. The fourth-order valence-electron chi connectivity index (χ4n) is 2.03. The number of rotatable bonds is 5. The van der Waals surface area contributed by atoms with Gasteiger partial charge in [-0.1, -0.05) is 42.5 Å². The number of hydrogen-bond acceptors (Lipinski definition) is 3. The fraction of sp³-hybridized carbons (Fsp3) is 0.0588. The zero-order valence-corrected chi connectivity index (χ0v) is 11.8. The molecule has 0 saturated heterocycles. The first-order valence-electron chi connectivity index (χ1n) is 6.89. The number of H-pyrrole nitrogens is 1. The van der Waals surface area contributed by atoms with Crippen molar-refractivity contribution in [3.05, 3.63) is 78.0 Å². The van der Waals surface area contributed by atoms with E-state index in [0.29, 0.717) is 23.7 Å². The van der Waals surface area contributed by atoms with Crippen LogP contribution in [-0.2, 0) is 6.61 Å². The van der Waals surface area contributed by atoms with Crippen molar-refractivity contribution in [1.82, 2.24) is 10.2 Å². The predicted molar refractivity (Wildman–Crippen MR) is 83.8 cm³/mol. The summed E-state index contributed by atoms with van der Waals surface area (Å²) in [7, 11) is 0. The Morgan fingerprint density at radius 3 is 2.59 bits per heavy atom. The van der Waals surface area contributed by atoms with Crippen LogP contribution < -0.4 is 10.1 Å². The van der Waals surface area contributed by atoms with Crippen molar-refractivity contribution >= 4 is 11.7 Å². The summed E-state index contributed by atoms with van der Waals surface area (Å²) in [4.78, 5) is 12.3. The van der Waals surface area contributed by atoms with Gasteiger partial charge in [0, 0.05) is 6.07 Å². The third kappa shape index (κ3) is 3.32. The van der Waals surface area contributed by atoms with Crippen LogP contribution in [0.5, 0.6) is 5.75 Å². The molecule has 0 radical (unpaired) electrons. The number of nitrogens with zero attached hydrogens (tertiary/aromatic N) is 1. The third-order valence-electron chi connectivity index (χ3n) is 3.12. The van der Waals surface area contributed by atoms with E-state index < -0.39 is 0 Å². The summed E-state index contributed by atoms with van der Waals surface area (Å²) in [6.07, 6.45) is 1.58. The molecule has 1 aromatic heterocycles. The molecule has 1 amide bonds. The van der Waals surface area contributed by atoms with Gasteiger partial charge in [-0.2, -0.15) is 5.10 Å². The van der Waals surface area contributed by atoms with Crippen molar-refractivity contribution in [3.8, 4) is 5.75 Å². The van der Waals surface area contributed by atoms with Gasteiger partial charge >= 0.3 is 0 Å². The van der Waals surface area contributed by atoms with Gasteiger partial charge in [0.1, 0.15) is 18.2 Å². The zero-order valence-electron chi connectivity index (χ0n) is 11.8. The smallest absolute Gasteiger partial charge is 0.260 e. The van der Waals surface area contributed by atoms with Crippen LogP contribution in [-0.4, -0.2) is 16.1 Å². The van der Waals surface area contributed by atoms with E-state index in [1.807, 2.05) is 36.4 Å². The van der Waals surface area contributed by atoms with Gasteiger partial charge in [-0.25, -0.2) is 0 Å². The minimum Gasteiger partial charge on any atom is -0.488 e. The molecule has 110 valence electrons. The monoisotopic (exact) mass is 293 g/mol. The summed E-state index contributed by atoms with van der Waals surface area (Å²) in [6.45, 7) is 0.412. The third-order valence-corrected chi connectivity index (χ3v) is 3.12. The lowest BCUT2D eigenvalue weighted by atomic mass is 10.2. The van der Waals surface area contributed by atoms with Gasteiger partial charge in [0.2, 0.25) is 0 Å². The first kappa shape index (κ1) is 13.9. The molecule has 0 bridgehead atoms. The summed E-state index contributed by atoms with van der Waals surface area (Å²) in [5.41, 5.74) is 1.53. The minimum atomic E-state index is -0.243. The molecule has 22 heavy (non-hydrogen) atoms. The number of anilines is 1. The van der Waals surface area contributed by atoms with Crippen LogP contribution >= 0.6 is 0 Å². The number of ether oxygens (including phenoxy) is 1. The van der Waals surface area contributed by atoms with Crippen LogP contribution in [0.1, 0.15) is 15.9 Å². The first-order valence-corrected chi connectivity index (χ1v) is 6.89. The number of benzene rings is 2. The van der Waals surface area contributed by atoms with E-state index >= 15 is 0 Å². The van der Waals surface area contributed by atoms with E-state index in [2.05, 4.69) is 15.5 Å². The van der Waals surface area contributed by atoms with Crippen molar-refractivity contribution in [2.75, 3.05) is 5.32 Å². The molecule has 0 spiro atoms. The van der Waals surface area contributed by atoms with Gasteiger partial charge < -0.3 is 10.1 Å². The highest BCUT2D eigenvalue weighted by atomic mass is 16.5. The lowest BCUT2D eigenvalue weighted by Gasteiger charge is -2.11. The van der Waals surface area contributed by atoms with E-state index in [1.54, 1.807) is 30.5 Å². The summed E-state index contributed by atoms with van der Waals surface area (Å²) < 4.78 is 5.78. The predicted octanol–water partition coefficient (Wildman–Crippen LogP) is 3.24. The van der Waals surface area contributed by atoms with Gasteiger partial charge in [0.15, 0.2) is 0 Å². The number of aromatic amines is 1. The molecule has 3 rings (SSSR count). The van der Waals surface area contributed by atoms with E-state index in [0.717, 1.165) is 5.56 Å². The number of amides is 1. The van der Waals surface area contributed by atoms with E-state index in [1.165, 1.54) is 0 Å². The Bertz CT molecular complexity index is 740. The highest BCUT2D eigenvalue weighted by molar-refractivity contribution is 6.05. The molecule has 0 unspecified atom stereocenters. The van der Waals surface area contributed by atoms with E-state index in [9.17, 15) is 4.79 Å². The fourth-order valence-corrected chi connectivity index (χ4v) is 2.03. The molecule has 1 heterocycles. The van der Waals surface area contributed by atoms with Crippen LogP contribution in [0.4, 0.5) is 5.82 Å². The highest BCUT2D eigenvalue weighted by Gasteiger charge is 2.12. The molecule has 5 heteroatoms. The second-order valence-electron chi connectivity index (χ2n) is 4.69. The minimum absolute atomic E-state index is 0.243. The molecule has 0 aliphatic heterocycles. The summed E-state index contributed by atoms with van der Waals surface area (Å²) in [5.74, 6) is 0.846. The number of hydrogen-bond donors (Lipinski definition) is 2. The first-order chi connectivity index (χ1) is 10.8. The van der Waals surface area contributed by atoms with Gasteiger partial charge in [-0.15, -0.1) is 0 Å². The number of carbonyl (C=O) groups excluding carboxylic acids is 1. The Hall–Kier alpha value is -3.08. The van der Waals surface area contributed by atoms with Crippen molar-refractivity contribution in [2.45, 2.75) is 6.61 Å². The van der Waals surface area contributed by atoms with Crippen molar-refractivity contribution in [3.63, 3.8) is 0 Å². The number of aromatic nitrogens is 2. The van der Waals surface area contributed by atoms with Crippen LogP contribution in [0.3, 0.4) is 0 Å². The van der Waals surface area contributed by atoms with Crippen LogP contribution in [0.15, 0.2) is 66.9 Å². The Balaban J connectivity index is 1.73. The molecular weight excluding hydrogens is 278 g/mol. The maximum absolute atomic E-state index is 12.3. The molecule has 2 N–H and O–H groups in total. The Labute approximate surface area is 127 Å². The average Bonchev–Trinajstić information content (AvgIpc) is 3.07. The summed E-state index contributed by atoms with van der Waals surface area (Å²) >= 11 is 0. The second kappa shape index (κ2) is 6.58. The van der Waals surface area contributed by atoms with Crippen LogP contribution in [0, 0.1) is 0 Å². The van der Waals surface area contributed by atoms with Crippen molar-refractivity contribution < 1.29 is 9.53 Å². The Kier molecular flexibility index (Phi) is 4.15.